The van der Waals surface area contributed by atoms with E-state index in [1.54, 1.807) is 0 Å². The molecule has 1 aromatic carbocycles. The van der Waals surface area contributed by atoms with E-state index in [4.69, 9.17) is 23.7 Å². The molecule has 1 fully saturated rings. The standard InChI is InChI=1S/C17H18N2O12/c1-8(20)28-14-7-27-17(16(30-10(3)22)15(14)29-9(2)21)31-11-4-5-12(18(23)24)13(6-11)19(25)26/h4-6,14-17H,7H2,1-3H3. The lowest BCUT2D eigenvalue weighted by Crippen LogP contribution is -2.59. The lowest BCUT2D eigenvalue weighted by Gasteiger charge is -2.40. The van der Waals surface area contributed by atoms with E-state index >= 15 is 0 Å². The van der Waals surface area contributed by atoms with E-state index in [1.165, 1.54) is 0 Å². The molecule has 1 aromatic rings. The molecule has 0 amide bonds. The van der Waals surface area contributed by atoms with Crippen LogP contribution in [0.5, 0.6) is 5.75 Å². The number of esters is 3. The van der Waals surface area contributed by atoms with Gasteiger partial charge in [-0.3, -0.25) is 34.6 Å². The maximum absolute atomic E-state index is 11.6. The van der Waals surface area contributed by atoms with Gasteiger partial charge in [-0.25, -0.2) is 0 Å². The highest BCUT2D eigenvalue weighted by atomic mass is 16.7. The molecule has 14 heteroatoms. The summed E-state index contributed by atoms with van der Waals surface area (Å²) in [5.74, 6) is -2.51. The van der Waals surface area contributed by atoms with Crippen molar-refractivity contribution < 1.29 is 47.9 Å². The third-order valence-corrected chi connectivity index (χ3v) is 3.90. The summed E-state index contributed by atoms with van der Waals surface area (Å²) in [5.41, 5.74) is -1.59. The molecule has 1 aliphatic heterocycles. The number of nitro benzene ring substituents is 2. The van der Waals surface area contributed by atoms with Crippen LogP contribution in [0.2, 0.25) is 0 Å². The van der Waals surface area contributed by atoms with E-state index in [0.717, 1.165) is 39.0 Å². The molecule has 0 saturated carbocycles. The fraction of sp³-hybridized carbons (Fsp3) is 0.471. The number of ether oxygens (including phenoxy) is 5. The van der Waals surface area contributed by atoms with Gasteiger partial charge in [0.05, 0.1) is 22.5 Å². The Labute approximate surface area is 174 Å². The van der Waals surface area contributed by atoms with Crippen LogP contribution in [-0.2, 0) is 33.3 Å². The summed E-state index contributed by atoms with van der Waals surface area (Å²) in [6.45, 7) is 2.94. The van der Waals surface area contributed by atoms with Crippen LogP contribution in [0.1, 0.15) is 20.8 Å². The summed E-state index contributed by atoms with van der Waals surface area (Å²) in [6.07, 6.45) is -5.30. The third-order valence-electron chi connectivity index (χ3n) is 3.90. The molecule has 0 spiro atoms. The molecule has 0 radical (unpaired) electrons. The zero-order chi connectivity index (χ0) is 23.3. The van der Waals surface area contributed by atoms with Gasteiger partial charge >= 0.3 is 29.3 Å². The normalized spacial score (nSPS) is 22.7. The molecule has 2 rings (SSSR count). The fourth-order valence-electron chi connectivity index (χ4n) is 2.82. The number of rotatable bonds is 7. The van der Waals surface area contributed by atoms with E-state index in [-0.39, 0.29) is 12.4 Å². The zero-order valence-electron chi connectivity index (χ0n) is 16.5. The number of benzene rings is 1. The minimum absolute atomic E-state index is 0.216. The molecular weight excluding hydrogens is 424 g/mol. The van der Waals surface area contributed by atoms with Crippen molar-refractivity contribution in [1.29, 1.82) is 0 Å². The van der Waals surface area contributed by atoms with Crippen LogP contribution in [-0.4, -0.2) is 59.0 Å². The monoisotopic (exact) mass is 442 g/mol. The van der Waals surface area contributed by atoms with Gasteiger partial charge < -0.3 is 23.7 Å². The van der Waals surface area contributed by atoms with E-state index < -0.39 is 63.7 Å². The van der Waals surface area contributed by atoms with Crippen LogP contribution in [0, 0.1) is 20.2 Å². The topological polar surface area (TPSA) is 184 Å². The summed E-state index contributed by atoms with van der Waals surface area (Å²) in [7, 11) is 0. The van der Waals surface area contributed by atoms with Crippen LogP contribution in [0.15, 0.2) is 18.2 Å². The Balaban J connectivity index is 2.37. The van der Waals surface area contributed by atoms with Gasteiger partial charge in [0.2, 0.25) is 12.4 Å². The van der Waals surface area contributed by atoms with Gasteiger partial charge in [0.1, 0.15) is 5.75 Å². The van der Waals surface area contributed by atoms with Gasteiger partial charge in [0, 0.05) is 26.8 Å². The molecule has 4 unspecified atom stereocenters. The van der Waals surface area contributed by atoms with Crippen molar-refractivity contribution in [3.8, 4) is 5.75 Å². The summed E-state index contributed by atoms with van der Waals surface area (Å²) in [6, 6.07) is 2.74. The third kappa shape index (κ3) is 6.08. The first kappa shape index (κ1) is 23.5. The number of carbonyl (C=O) groups excluding carboxylic acids is 3. The van der Waals surface area contributed by atoms with E-state index in [0.29, 0.717) is 0 Å². The lowest BCUT2D eigenvalue weighted by atomic mass is 10.0. The maximum atomic E-state index is 11.6. The van der Waals surface area contributed by atoms with Crippen molar-refractivity contribution in [3.05, 3.63) is 38.4 Å². The minimum atomic E-state index is -1.44. The molecule has 1 saturated heterocycles. The number of nitro groups is 2. The number of carbonyl (C=O) groups is 3. The summed E-state index contributed by atoms with van der Waals surface area (Å²) >= 11 is 0. The molecule has 1 heterocycles. The van der Waals surface area contributed by atoms with Crippen LogP contribution >= 0.6 is 0 Å². The fourth-order valence-corrected chi connectivity index (χ4v) is 2.82. The van der Waals surface area contributed by atoms with Crippen molar-refractivity contribution in [3.63, 3.8) is 0 Å². The van der Waals surface area contributed by atoms with Crippen LogP contribution in [0.25, 0.3) is 0 Å². The lowest BCUT2D eigenvalue weighted by molar-refractivity contribution is -0.422. The van der Waals surface area contributed by atoms with Gasteiger partial charge in [-0.2, -0.15) is 0 Å². The van der Waals surface area contributed by atoms with E-state index in [9.17, 15) is 34.6 Å². The molecular formula is C17H18N2O12. The van der Waals surface area contributed by atoms with E-state index in [2.05, 4.69) is 0 Å². The first-order chi connectivity index (χ1) is 14.5. The zero-order valence-corrected chi connectivity index (χ0v) is 16.5. The van der Waals surface area contributed by atoms with Gasteiger partial charge in [0.15, 0.2) is 12.2 Å². The molecule has 14 nitrogen and oxygen atoms in total. The van der Waals surface area contributed by atoms with E-state index in [1.807, 2.05) is 0 Å². The second kappa shape index (κ2) is 9.80. The SMILES string of the molecule is CC(=O)OC1COC(Oc2ccc([N+](=O)[O-])c([N+](=O)[O-])c2)C(OC(C)=O)C1OC(C)=O. The Bertz CT molecular complexity index is 901. The van der Waals surface area contributed by atoms with Crippen LogP contribution in [0.3, 0.4) is 0 Å². The van der Waals surface area contributed by atoms with Gasteiger partial charge in [-0.15, -0.1) is 0 Å². The molecule has 1 aliphatic rings. The smallest absolute Gasteiger partial charge is 0.349 e. The van der Waals surface area contributed by atoms with Crippen LogP contribution < -0.4 is 4.74 Å². The molecule has 168 valence electrons. The second-order valence-corrected chi connectivity index (χ2v) is 6.28. The number of hydrogen-bond donors (Lipinski definition) is 0. The summed E-state index contributed by atoms with van der Waals surface area (Å²) in [4.78, 5) is 54.7. The molecule has 0 N–H and O–H groups in total. The Morgan fingerprint density at radius 2 is 1.45 bits per heavy atom. The van der Waals surface area contributed by atoms with Gasteiger partial charge in [-0.05, 0) is 6.07 Å². The van der Waals surface area contributed by atoms with Crippen molar-refractivity contribution in [1.82, 2.24) is 0 Å². The highest BCUT2D eigenvalue weighted by Gasteiger charge is 2.48. The average molecular weight is 442 g/mol. The molecule has 0 aliphatic carbocycles. The quantitative estimate of drug-likeness (QED) is 0.253. The van der Waals surface area contributed by atoms with Crippen LogP contribution in [0.4, 0.5) is 11.4 Å². The van der Waals surface area contributed by atoms with Gasteiger partial charge in [0.25, 0.3) is 0 Å². The second-order valence-electron chi connectivity index (χ2n) is 6.28. The molecule has 0 aromatic heterocycles. The van der Waals surface area contributed by atoms with Crippen molar-refractivity contribution >= 4 is 29.3 Å². The first-order valence-electron chi connectivity index (χ1n) is 8.72. The predicted molar refractivity (Wildman–Crippen MR) is 96.8 cm³/mol. The number of hydrogen-bond acceptors (Lipinski definition) is 12. The Morgan fingerprint density at radius 1 is 0.903 bits per heavy atom. The largest absolute Gasteiger partial charge is 0.460 e. The molecule has 0 bridgehead atoms. The Kier molecular flexibility index (Phi) is 7.42. The maximum Gasteiger partial charge on any atom is 0.349 e. The van der Waals surface area contributed by atoms with Crippen molar-refractivity contribution in [2.45, 2.75) is 45.4 Å². The average Bonchev–Trinajstić information content (AvgIpc) is 2.65. The predicted octanol–water partition coefficient (Wildman–Crippen LogP) is 1.03. The van der Waals surface area contributed by atoms with Gasteiger partial charge in [-0.1, -0.05) is 0 Å². The Hall–Kier alpha value is -3.81. The molecule has 4 atom stereocenters. The summed E-state index contributed by atoms with van der Waals surface area (Å²) in [5, 5.41) is 22.1. The van der Waals surface area contributed by atoms with Crippen molar-refractivity contribution in [2.24, 2.45) is 0 Å². The highest BCUT2D eigenvalue weighted by Crippen LogP contribution is 2.33. The first-order valence-corrected chi connectivity index (χ1v) is 8.72. The highest BCUT2D eigenvalue weighted by molar-refractivity contribution is 5.68. The van der Waals surface area contributed by atoms with Crippen molar-refractivity contribution in [2.75, 3.05) is 6.61 Å². The Morgan fingerprint density at radius 3 is 1.97 bits per heavy atom. The minimum Gasteiger partial charge on any atom is -0.460 e. The summed E-state index contributed by atoms with van der Waals surface area (Å²) < 4.78 is 26.3. The number of nitrogens with zero attached hydrogens (tertiary/aromatic N) is 2. The molecule has 31 heavy (non-hydrogen) atoms.